The summed E-state index contributed by atoms with van der Waals surface area (Å²) in [6.45, 7) is 10.6. The van der Waals surface area contributed by atoms with Crippen LogP contribution < -0.4 is 5.32 Å². The van der Waals surface area contributed by atoms with Crippen molar-refractivity contribution in [2.45, 2.75) is 53.1 Å². The highest BCUT2D eigenvalue weighted by Crippen LogP contribution is 2.12. The van der Waals surface area contributed by atoms with Crippen molar-refractivity contribution >= 4 is 6.29 Å². The second-order valence-electron chi connectivity index (χ2n) is 4.52. The van der Waals surface area contributed by atoms with E-state index < -0.39 is 0 Å². The van der Waals surface area contributed by atoms with Crippen LogP contribution in [0.2, 0.25) is 0 Å². The number of aldehydes is 1. The molecule has 0 radical (unpaired) electrons. The van der Waals surface area contributed by atoms with Crippen molar-refractivity contribution in [1.29, 1.82) is 0 Å². The van der Waals surface area contributed by atoms with Crippen molar-refractivity contribution < 1.29 is 4.79 Å². The molecule has 0 aromatic rings. The van der Waals surface area contributed by atoms with E-state index in [9.17, 15) is 4.79 Å². The van der Waals surface area contributed by atoms with Gasteiger partial charge >= 0.3 is 0 Å². The monoisotopic (exact) mass is 185 g/mol. The minimum Gasteiger partial charge on any atom is -0.312 e. The van der Waals surface area contributed by atoms with Gasteiger partial charge in [0, 0.05) is 18.0 Å². The Hall–Kier alpha value is -0.370. The maximum atomic E-state index is 10.5. The van der Waals surface area contributed by atoms with Crippen LogP contribution >= 0.6 is 0 Å². The number of carbonyl (C=O) groups is 1. The average Bonchev–Trinajstić information content (AvgIpc) is 2.02. The fraction of sp³-hybridized carbons (Fsp3) is 0.909. The molecule has 78 valence electrons. The van der Waals surface area contributed by atoms with Gasteiger partial charge in [0.1, 0.15) is 6.29 Å². The van der Waals surface area contributed by atoms with E-state index in [2.05, 4.69) is 33.0 Å². The topological polar surface area (TPSA) is 29.1 Å². The Balaban J connectivity index is 4.01. The molecule has 0 aromatic heterocycles. The standard InChI is InChI=1S/C11H23NO/c1-8(2)11(12-9(3)4)6-10(5)7-13/h7-12H,6H2,1-5H3/t10?,11-/m1/s1. The summed E-state index contributed by atoms with van der Waals surface area (Å²) in [5, 5.41) is 3.49. The van der Waals surface area contributed by atoms with Crippen molar-refractivity contribution in [2.24, 2.45) is 11.8 Å². The minimum atomic E-state index is 0.165. The summed E-state index contributed by atoms with van der Waals surface area (Å²) in [6, 6.07) is 0.950. The summed E-state index contributed by atoms with van der Waals surface area (Å²) >= 11 is 0. The van der Waals surface area contributed by atoms with Gasteiger partial charge in [-0.15, -0.1) is 0 Å². The van der Waals surface area contributed by atoms with E-state index in [0.717, 1.165) is 12.7 Å². The molecule has 1 unspecified atom stereocenters. The number of hydrogen-bond donors (Lipinski definition) is 1. The zero-order chi connectivity index (χ0) is 10.4. The molecule has 2 nitrogen and oxygen atoms in total. The highest BCUT2D eigenvalue weighted by molar-refractivity contribution is 5.52. The SMILES string of the molecule is CC(C=O)C[C@@H](NC(C)C)C(C)C. The number of carbonyl (C=O) groups excluding carboxylic acids is 1. The first-order chi connectivity index (χ1) is 5.97. The van der Waals surface area contributed by atoms with Crippen LogP contribution in [-0.2, 0) is 4.79 Å². The van der Waals surface area contributed by atoms with Gasteiger partial charge in [0.25, 0.3) is 0 Å². The van der Waals surface area contributed by atoms with Crippen LogP contribution in [0.4, 0.5) is 0 Å². The van der Waals surface area contributed by atoms with Gasteiger partial charge in [-0.2, -0.15) is 0 Å². The molecule has 1 N–H and O–H groups in total. The van der Waals surface area contributed by atoms with Gasteiger partial charge in [-0.05, 0) is 12.3 Å². The number of nitrogens with one attached hydrogen (secondary N) is 1. The third kappa shape index (κ3) is 5.81. The van der Waals surface area contributed by atoms with Crippen molar-refractivity contribution in [3.05, 3.63) is 0 Å². The Labute approximate surface area is 82.1 Å². The second kappa shape index (κ2) is 6.14. The van der Waals surface area contributed by atoms with Gasteiger partial charge in [-0.3, -0.25) is 0 Å². The molecule has 0 fully saturated rings. The molecule has 13 heavy (non-hydrogen) atoms. The third-order valence-corrected chi connectivity index (χ3v) is 2.21. The molecule has 0 aliphatic heterocycles. The van der Waals surface area contributed by atoms with Crippen LogP contribution in [0.5, 0.6) is 0 Å². The Morgan fingerprint density at radius 2 is 1.69 bits per heavy atom. The summed E-state index contributed by atoms with van der Waals surface area (Å²) < 4.78 is 0. The van der Waals surface area contributed by atoms with E-state index in [1.165, 1.54) is 0 Å². The van der Waals surface area contributed by atoms with Crippen molar-refractivity contribution in [3.63, 3.8) is 0 Å². The lowest BCUT2D eigenvalue weighted by Gasteiger charge is -2.25. The Bertz CT molecular complexity index is 143. The van der Waals surface area contributed by atoms with E-state index in [0.29, 0.717) is 18.0 Å². The average molecular weight is 185 g/mol. The van der Waals surface area contributed by atoms with Gasteiger partial charge in [0.2, 0.25) is 0 Å². The molecule has 0 heterocycles. The zero-order valence-corrected chi connectivity index (χ0v) is 9.50. The first-order valence-corrected chi connectivity index (χ1v) is 5.18. The number of hydrogen-bond acceptors (Lipinski definition) is 2. The largest absolute Gasteiger partial charge is 0.312 e. The lowest BCUT2D eigenvalue weighted by molar-refractivity contribution is -0.111. The van der Waals surface area contributed by atoms with Crippen molar-refractivity contribution in [3.8, 4) is 0 Å². The molecule has 0 saturated carbocycles. The highest BCUT2D eigenvalue weighted by Gasteiger charge is 2.16. The summed E-state index contributed by atoms with van der Waals surface area (Å²) in [5.74, 6) is 0.753. The van der Waals surface area contributed by atoms with Crippen LogP contribution in [0.3, 0.4) is 0 Å². The summed E-state index contributed by atoms with van der Waals surface area (Å²) in [7, 11) is 0. The summed E-state index contributed by atoms with van der Waals surface area (Å²) in [4.78, 5) is 10.5. The molecular formula is C11H23NO. The normalized spacial score (nSPS) is 16.2. The Morgan fingerprint density at radius 1 is 1.15 bits per heavy atom. The fourth-order valence-electron chi connectivity index (χ4n) is 1.42. The number of rotatable bonds is 6. The molecule has 0 spiro atoms. The van der Waals surface area contributed by atoms with Gasteiger partial charge in [0.15, 0.2) is 0 Å². The summed E-state index contributed by atoms with van der Waals surface area (Å²) in [5.41, 5.74) is 0. The maximum Gasteiger partial charge on any atom is 0.122 e. The first kappa shape index (κ1) is 12.6. The van der Waals surface area contributed by atoms with E-state index in [1.54, 1.807) is 0 Å². The predicted molar refractivity (Wildman–Crippen MR) is 56.7 cm³/mol. The molecular weight excluding hydrogens is 162 g/mol. The molecule has 0 aliphatic carbocycles. The van der Waals surface area contributed by atoms with Gasteiger partial charge in [-0.25, -0.2) is 0 Å². The molecule has 0 rings (SSSR count). The molecule has 2 atom stereocenters. The lowest BCUT2D eigenvalue weighted by Crippen LogP contribution is -2.39. The van der Waals surface area contributed by atoms with Crippen molar-refractivity contribution in [1.82, 2.24) is 5.32 Å². The lowest BCUT2D eigenvalue weighted by atomic mass is 9.94. The highest BCUT2D eigenvalue weighted by atomic mass is 16.1. The Morgan fingerprint density at radius 3 is 2.00 bits per heavy atom. The molecule has 0 amide bonds. The molecule has 2 heteroatoms. The zero-order valence-electron chi connectivity index (χ0n) is 9.50. The third-order valence-electron chi connectivity index (χ3n) is 2.21. The van der Waals surface area contributed by atoms with E-state index >= 15 is 0 Å². The van der Waals surface area contributed by atoms with E-state index in [-0.39, 0.29) is 5.92 Å². The van der Waals surface area contributed by atoms with Crippen LogP contribution in [-0.4, -0.2) is 18.4 Å². The first-order valence-electron chi connectivity index (χ1n) is 5.18. The van der Waals surface area contributed by atoms with E-state index in [1.807, 2.05) is 6.92 Å². The Kier molecular flexibility index (Phi) is 5.97. The van der Waals surface area contributed by atoms with Crippen molar-refractivity contribution in [2.75, 3.05) is 0 Å². The van der Waals surface area contributed by atoms with Gasteiger partial charge < -0.3 is 10.1 Å². The van der Waals surface area contributed by atoms with E-state index in [4.69, 9.17) is 0 Å². The van der Waals surface area contributed by atoms with Crippen LogP contribution in [0.25, 0.3) is 0 Å². The van der Waals surface area contributed by atoms with Gasteiger partial charge in [0.05, 0.1) is 0 Å². The van der Waals surface area contributed by atoms with Crippen LogP contribution in [0.15, 0.2) is 0 Å². The smallest absolute Gasteiger partial charge is 0.122 e. The summed E-state index contributed by atoms with van der Waals surface area (Å²) in [6.07, 6.45) is 1.98. The quantitative estimate of drug-likeness (QED) is 0.643. The minimum absolute atomic E-state index is 0.165. The predicted octanol–water partition coefficient (Wildman–Crippen LogP) is 2.23. The van der Waals surface area contributed by atoms with Crippen LogP contribution in [0.1, 0.15) is 41.0 Å². The molecule has 0 aliphatic rings. The fourth-order valence-corrected chi connectivity index (χ4v) is 1.42. The molecule has 0 aromatic carbocycles. The van der Waals surface area contributed by atoms with Gasteiger partial charge in [-0.1, -0.05) is 34.6 Å². The van der Waals surface area contributed by atoms with Crippen LogP contribution in [0, 0.1) is 11.8 Å². The molecule has 0 saturated heterocycles. The maximum absolute atomic E-state index is 10.5. The molecule has 0 bridgehead atoms. The second-order valence-corrected chi connectivity index (χ2v) is 4.52.